The van der Waals surface area contributed by atoms with Gasteiger partial charge < -0.3 is 15.0 Å². The average molecular weight is 383 g/mol. The summed E-state index contributed by atoms with van der Waals surface area (Å²) in [6.45, 7) is 2.00. The van der Waals surface area contributed by atoms with Crippen LogP contribution in [0.15, 0.2) is 48.5 Å². The molecule has 1 fully saturated rings. The number of nitrogens with zero attached hydrogens (tertiary/aromatic N) is 2. The summed E-state index contributed by atoms with van der Waals surface area (Å²) in [5.74, 6) is 0.853. The molecule has 3 rings (SSSR count). The molecule has 1 saturated heterocycles. The van der Waals surface area contributed by atoms with E-state index in [0.29, 0.717) is 32.1 Å². The summed E-state index contributed by atoms with van der Waals surface area (Å²) in [5.41, 5.74) is 1.90. The predicted molar refractivity (Wildman–Crippen MR) is 106 cm³/mol. The number of rotatable bonds is 7. The Bertz CT molecular complexity index is 832. The Labute approximate surface area is 164 Å². The third-order valence-electron chi connectivity index (χ3n) is 5.10. The Morgan fingerprint density at radius 1 is 1.21 bits per heavy atom. The molecule has 0 aromatic heterocycles. The Morgan fingerprint density at radius 3 is 2.68 bits per heavy atom. The maximum absolute atomic E-state index is 12.6. The summed E-state index contributed by atoms with van der Waals surface area (Å²) in [4.78, 5) is 25.0. The van der Waals surface area contributed by atoms with Crippen LogP contribution < -0.4 is 10.1 Å². The number of nitro benzene ring substituents is 1. The minimum Gasteiger partial charge on any atom is -0.496 e. The molecule has 0 spiro atoms. The molecule has 0 saturated carbocycles. The molecule has 1 heterocycles. The predicted octanol–water partition coefficient (Wildman–Crippen LogP) is 2.93. The second-order valence-electron chi connectivity index (χ2n) is 6.95. The smallest absolute Gasteiger partial charge is 0.269 e. The highest BCUT2D eigenvalue weighted by Crippen LogP contribution is 2.20. The second-order valence-corrected chi connectivity index (χ2v) is 6.95. The first-order valence-electron chi connectivity index (χ1n) is 9.43. The van der Waals surface area contributed by atoms with E-state index in [4.69, 9.17) is 4.74 Å². The van der Waals surface area contributed by atoms with Crippen LogP contribution in [0.25, 0.3) is 0 Å². The third kappa shape index (κ3) is 5.07. The van der Waals surface area contributed by atoms with E-state index in [1.54, 1.807) is 19.2 Å². The van der Waals surface area contributed by atoms with Crippen molar-refractivity contribution in [3.05, 3.63) is 69.8 Å². The Kier molecular flexibility index (Phi) is 6.60. The lowest BCUT2D eigenvalue weighted by atomic mass is 10.0. The lowest BCUT2D eigenvalue weighted by Gasteiger charge is -2.32. The van der Waals surface area contributed by atoms with E-state index >= 15 is 0 Å². The lowest BCUT2D eigenvalue weighted by molar-refractivity contribution is -0.384. The summed E-state index contributed by atoms with van der Waals surface area (Å²) in [6.07, 6.45) is 2.08. The van der Waals surface area contributed by atoms with Gasteiger partial charge in [0.15, 0.2) is 0 Å². The fourth-order valence-electron chi connectivity index (χ4n) is 3.50. The van der Waals surface area contributed by atoms with Crippen LogP contribution in [0.5, 0.6) is 5.75 Å². The molecule has 28 heavy (non-hydrogen) atoms. The van der Waals surface area contributed by atoms with Gasteiger partial charge in [0.25, 0.3) is 5.69 Å². The van der Waals surface area contributed by atoms with Gasteiger partial charge in [-0.1, -0.05) is 30.3 Å². The first-order chi connectivity index (χ1) is 13.6. The van der Waals surface area contributed by atoms with Crippen molar-refractivity contribution in [3.8, 4) is 5.75 Å². The zero-order valence-electron chi connectivity index (χ0n) is 16.0. The number of nitro groups is 1. The van der Waals surface area contributed by atoms with Gasteiger partial charge in [0.2, 0.25) is 5.91 Å². The van der Waals surface area contributed by atoms with E-state index in [1.807, 2.05) is 35.2 Å². The van der Waals surface area contributed by atoms with Crippen molar-refractivity contribution in [2.24, 2.45) is 0 Å². The quantitative estimate of drug-likeness (QED) is 0.587. The average Bonchev–Trinajstić information content (AvgIpc) is 2.73. The van der Waals surface area contributed by atoms with Crippen molar-refractivity contribution >= 4 is 11.6 Å². The van der Waals surface area contributed by atoms with E-state index < -0.39 is 0 Å². The van der Waals surface area contributed by atoms with Crippen molar-refractivity contribution in [3.63, 3.8) is 0 Å². The van der Waals surface area contributed by atoms with E-state index in [9.17, 15) is 14.9 Å². The molecular weight excluding hydrogens is 358 g/mol. The Balaban J connectivity index is 1.47. The molecule has 0 unspecified atom stereocenters. The first-order valence-corrected chi connectivity index (χ1v) is 9.43. The van der Waals surface area contributed by atoms with E-state index in [2.05, 4.69) is 5.32 Å². The number of piperidine rings is 1. The highest BCUT2D eigenvalue weighted by Gasteiger charge is 2.23. The largest absolute Gasteiger partial charge is 0.496 e. The van der Waals surface area contributed by atoms with Gasteiger partial charge in [-0.3, -0.25) is 14.9 Å². The van der Waals surface area contributed by atoms with Crippen LogP contribution in [-0.4, -0.2) is 42.0 Å². The molecule has 7 heteroatoms. The summed E-state index contributed by atoms with van der Waals surface area (Å²) in [5, 5.41) is 14.3. The molecule has 1 aliphatic heterocycles. The fraction of sp³-hybridized carbons (Fsp3) is 0.381. The zero-order chi connectivity index (χ0) is 19.9. The molecule has 7 nitrogen and oxygen atoms in total. The van der Waals surface area contributed by atoms with Crippen LogP contribution >= 0.6 is 0 Å². The van der Waals surface area contributed by atoms with Gasteiger partial charge in [-0.25, -0.2) is 0 Å². The summed E-state index contributed by atoms with van der Waals surface area (Å²) in [7, 11) is 1.61. The molecule has 1 N–H and O–H groups in total. The molecular formula is C21H25N3O4. The number of amides is 1. The van der Waals surface area contributed by atoms with Crippen molar-refractivity contribution in [1.82, 2.24) is 10.2 Å². The van der Waals surface area contributed by atoms with E-state index in [-0.39, 0.29) is 16.5 Å². The molecule has 0 aliphatic carbocycles. The van der Waals surface area contributed by atoms with Gasteiger partial charge in [-0.15, -0.1) is 0 Å². The maximum atomic E-state index is 12.6. The summed E-state index contributed by atoms with van der Waals surface area (Å²) >= 11 is 0. The lowest BCUT2D eigenvalue weighted by Crippen LogP contribution is -2.45. The maximum Gasteiger partial charge on any atom is 0.269 e. The van der Waals surface area contributed by atoms with Crippen LogP contribution in [0.1, 0.15) is 24.0 Å². The van der Waals surface area contributed by atoms with Gasteiger partial charge in [0.1, 0.15) is 5.75 Å². The minimum absolute atomic E-state index is 0.107. The van der Waals surface area contributed by atoms with Crippen molar-refractivity contribution in [1.29, 1.82) is 0 Å². The Morgan fingerprint density at radius 2 is 1.96 bits per heavy atom. The molecule has 148 valence electrons. The number of benzene rings is 2. The highest BCUT2D eigenvalue weighted by molar-refractivity contribution is 5.79. The number of nitrogens with one attached hydrogen (secondary N) is 1. The standard InChI is InChI=1S/C21H25N3O4/c1-28-20-8-3-2-6-17(20)14-21(25)23-11-9-18(10-12-23)22-15-16-5-4-7-19(13-16)24(26)27/h2-8,13,18,22H,9-12,14-15H2,1H3. The summed E-state index contributed by atoms with van der Waals surface area (Å²) in [6, 6.07) is 14.6. The van der Waals surface area contributed by atoms with E-state index in [1.165, 1.54) is 6.07 Å². The SMILES string of the molecule is COc1ccccc1CC(=O)N1CCC(NCc2cccc([N+](=O)[O-])c2)CC1. The van der Waals surface area contributed by atoms with Gasteiger partial charge in [-0.05, 0) is 24.5 Å². The number of ether oxygens (including phenoxy) is 1. The number of hydrogen-bond donors (Lipinski definition) is 1. The first kappa shape index (κ1) is 19.8. The van der Waals surface area contributed by atoms with Gasteiger partial charge in [-0.2, -0.15) is 0 Å². The number of para-hydroxylation sites is 1. The van der Waals surface area contributed by atoms with Crippen LogP contribution in [0, 0.1) is 10.1 Å². The van der Waals surface area contributed by atoms with Crippen LogP contribution in [0.4, 0.5) is 5.69 Å². The number of hydrogen-bond acceptors (Lipinski definition) is 5. The molecule has 0 radical (unpaired) electrons. The minimum atomic E-state index is -0.380. The van der Waals surface area contributed by atoms with Crippen molar-refractivity contribution in [2.45, 2.75) is 31.8 Å². The van der Waals surface area contributed by atoms with Crippen molar-refractivity contribution < 1.29 is 14.5 Å². The summed E-state index contributed by atoms with van der Waals surface area (Å²) < 4.78 is 5.32. The molecule has 0 atom stereocenters. The highest BCUT2D eigenvalue weighted by atomic mass is 16.6. The number of carbonyl (C=O) groups excluding carboxylic acids is 1. The van der Waals surface area contributed by atoms with Crippen LogP contribution in [0.3, 0.4) is 0 Å². The van der Waals surface area contributed by atoms with Gasteiger partial charge in [0.05, 0.1) is 18.5 Å². The number of non-ortho nitro benzene ring substituents is 1. The van der Waals surface area contributed by atoms with Gasteiger partial charge >= 0.3 is 0 Å². The van der Waals surface area contributed by atoms with Crippen LogP contribution in [-0.2, 0) is 17.8 Å². The normalized spacial score (nSPS) is 14.7. The second kappa shape index (κ2) is 9.32. The zero-order valence-corrected chi connectivity index (χ0v) is 16.0. The van der Waals surface area contributed by atoms with Crippen LogP contribution in [0.2, 0.25) is 0 Å². The van der Waals surface area contributed by atoms with Gasteiger partial charge in [0, 0.05) is 43.4 Å². The molecule has 2 aromatic rings. The Hall–Kier alpha value is -2.93. The molecule has 1 amide bonds. The number of methoxy groups -OCH3 is 1. The molecule has 2 aromatic carbocycles. The third-order valence-corrected chi connectivity index (χ3v) is 5.10. The topological polar surface area (TPSA) is 84.7 Å². The number of carbonyl (C=O) groups is 1. The fourth-order valence-corrected chi connectivity index (χ4v) is 3.50. The molecule has 0 bridgehead atoms. The molecule has 1 aliphatic rings. The monoisotopic (exact) mass is 383 g/mol. The number of likely N-dealkylation sites (tertiary alicyclic amines) is 1. The van der Waals surface area contributed by atoms with E-state index in [0.717, 1.165) is 29.7 Å². The van der Waals surface area contributed by atoms with Crippen molar-refractivity contribution in [2.75, 3.05) is 20.2 Å².